The van der Waals surface area contributed by atoms with E-state index < -0.39 is 0 Å². The van der Waals surface area contributed by atoms with E-state index in [-0.39, 0.29) is 18.4 Å². The van der Waals surface area contributed by atoms with Gasteiger partial charge in [-0.15, -0.1) is 0 Å². The van der Waals surface area contributed by atoms with Crippen molar-refractivity contribution in [3.8, 4) is 0 Å². The molecule has 0 unspecified atom stereocenters. The summed E-state index contributed by atoms with van der Waals surface area (Å²) < 4.78 is 0. The monoisotopic (exact) mass is 223 g/mol. The van der Waals surface area contributed by atoms with Crippen molar-refractivity contribution in [2.24, 2.45) is 0 Å². The number of anilines is 2. The molecule has 0 aromatic carbocycles. The Morgan fingerprint density at radius 3 is 2.75 bits per heavy atom. The Morgan fingerprint density at radius 2 is 2.25 bits per heavy atom. The van der Waals surface area contributed by atoms with Gasteiger partial charge in [-0.25, -0.2) is 4.98 Å². The van der Waals surface area contributed by atoms with Crippen LogP contribution in [-0.2, 0) is 4.79 Å². The zero-order valence-electron chi connectivity index (χ0n) is 9.82. The molecule has 1 amide bonds. The zero-order valence-corrected chi connectivity index (χ0v) is 9.82. The van der Waals surface area contributed by atoms with Crippen LogP contribution in [0.3, 0.4) is 0 Å². The standard InChI is InChI=1S/C10H17N5O/c1-4-15(6-9(16)12-3)8-5-7(2)13-10(11)14-8/h5H,4,6H2,1-3H3,(H,12,16)(H2,11,13,14). The number of carbonyl (C=O) groups is 1. The SMILES string of the molecule is CCN(CC(=O)NC)c1cc(C)nc(N)n1. The first-order valence-corrected chi connectivity index (χ1v) is 5.13. The maximum Gasteiger partial charge on any atom is 0.239 e. The predicted octanol–water partition coefficient (Wildman–Crippen LogP) is -0.0605. The summed E-state index contributed by atoms with van der Waals surface area (Å²) in [6, 6.07) is 1.81. The number of nitrogens with one attached hydrogen (secondary N) is 1. The first kappa shape index (κ1) is 12.2. The lowest BCUT2D eigenvalue weighted by atomic mass is 10.3. The van der Waals surface area contributed by atoms with Gasteiger partial charge in [-0.2, -0.15) is 4.98 Å². The molecule has 1 heterocycles. The summed E-state index contributed by atoms with van der Waals surface area (Å²) >= 11 is 0. The molecular weight excluding hydrogens is 206 g/mol. The zero-order chi connectivity index (χ0) is 12.1. The number of likely N-dealkylation sites (N-methyl/N-ethyl adjacent to an activating group) is 2. The Balaban J connectivity index is 2.90. The largest absolute Gasteiger partial charge is 0.368 e. The van der Waals surface area contributed by atoms with Crippen LogP contribution in [0.2, 0.25) is 0 Å². The number of aryl methyl sites for hydroxylation is 1. The van der Waals surface area contributed by atoms with Crippen molar-refractivity contribution in [2.75, 3.05) is 30.8 Å². The summed E-state index contributed by atoms with van der Waals surface area (Å²) in [5.41, 5.74) is 6.36. The lowest BCUT2D eigenvalue weighted by Gasteiger charge is -2.21. The Bertz CT molecular complexity index is 359. The number of hydrogen-bond donors (Lipinski definition) is 2. The van der Waals surface area contributed by atoms with Crippen LogP contribution >= 0.6 is 0 Å². The molecule has 0 bridgehead atoms. The molecule has 0 atom stereocenters. The normalized spacial score (nSPS) is 9.94. The van der Waals surface area contributed by atoms with Crippen molar-refractivity contribution in [2.45, 2.75) is 13.8 Å². The van der Waals surface area contributed by atoms with Gasteiger partial charge < -0.3 is 16.0 Å². The number of carbonyl (C=O) groups excluding carboxylic acids is 1. The molecule has 0 spiro atoms. The third-order valence-electron chi connectivity index (χ3n) is 2.18. The highest BCUT2D eigenvalue weighted by Crippen LogP contribution is 2.12. The van der Waals surface area contributed by atoms with E-state index in [9.17, 15) is 4.79 Å². The lowest BCUT2D eigenvalue weighted by Crippen LogP contribution is -2.36. The number of nitrogen functional groups attached to an aromatic ring is 1. The first-order valence-electron chi connectivity index (χ1n) is 5.13. The lowest BCUT2D eigenvalue weighted by molar-refractivity contribution is -0.119. The number of amides is 1. The Kier molecular flexibility index (Phi) is 4.04. The fourth-order valence-electron chi connectivity index (χ4n) is 1.34. The summed E-state index contributed by atoms with van der Waals surface area (Å²) in [5.74, 6) is 0.846. The van der Waals surface area contributed by atoms with E-state index in [1.54, 1.807) is 7.05 Å². The van der Waals surface area contributed by atoms with Crippen molar-refractivity contribution in [1.29, 1.82) is 0 Å². The van der Waals surface area contributed by atoms with Crippen molar-refractivity contribution in [1.82, 2.24) is 15.3 Å². The highest BCUT2D eigenvalue weighted by atomic mass is 16.1. The maximum absolute atomic E-state index is 11.3. The number of hydrogen-bond acceptors (Lipinski definition) is 5. The maximum atomic E-state index is 11.3. The van der Waals surface area contributed by atoms with Gasteiger partial charge in [-0.3, -0.25) is 4.79 Å². The Hall–Kier alpha value is -1.85. The van der Waals surface area contributed by atoms with Crippen LogP contribution in [0.1, 0.15) is 12.6 Å². The quantitative estimate of drug-likeness (QED) is 0.747. The molecule has 16 heavy (non-hydrogen) atoms. The highest BCUT2D eigenvalue weighted by molar-refractivity contribution is 5.80. The fourth-order valence-corrected chi connectivity index (χ4v) is 1.34. The van der Waals surface area contributed by atoms with Gasteiger partial charge in [0.25, 0.3) is 0 Å². The second kappa shape index (κ2) is 5.29. The highest BCUT2D eigenvalue weighted by Gasteiger charge is 2.11. The number of rotatable bonds is 4. The number of aromatic nitrogens is 2. The Morgan fingerprint density at radius 1 is 1.56 bits per heavy atom. The summed E-state index contributed by atoms with van der Waals surface area (Å²) in [4.78, 5) is 21.2. The first-order chi connectivity index (χ1) is 7.56. The van der Waals surface area contributed by atoms with E-state index in [2.05, 4.69) is 15.3 Å². The van der Waals surface area contributed by atoms with E-state index in [0.717, 1.165) is 5.69 Å². The molecule has 1 aromatic heterocycles. The number of nitrogens with two attached hydrogens (primary N) is 1. The van der Waals surface area contributed by atoms with Crippen molar-refractivity contribution < 1.29 is 4.79 Å². The second-order valence-electron chi connectivity index (χ2n) is 3.41. The molecule has 88 valence electrons. The van der Waals surface area contributed by atoms with Crippen molar-refractivity contribution >= 4 is 17.7 Å². The fraction of sp³-hybridized carbons (Fsp3) is 0.500. The van der Waals surface area contributed by atoms with Crippen molar-refractivity contribution in [3.63, 3.8) is 0 Å². The molecule has 6 heteroatoms. The molecule has 0 aliphatic carbocycles. The molecule has 0 fully saturated rings. The van der Waals surface area contributed by atoms with Gasteiger partial charge >= 0.3 is 0 Å². The molecule has 0 aliphatic heterocycles. The van der Waals surface area contributed by atoms with E-state index in [4.69, 9.17) is 5.73 Å². The summed E-state index contributed by atoms with van der Waals surface area (Å²) in [5, 5.41) is 2.57. The Labute approximate surface area is 94.9 Å². The van der Waals surface area contributed by atoms with Gasteiger partial charge in [0.05, 0.1) is 6.54 Å². The predicted molar refractivity (Wildman–Crippen MR) is 63.1 cm³/mol. The van der Waals surface area contributed by atoms with E-state index in [1.807, 2.05) is 24.8 Å². The average molecular weight is 223 g/mol. The second-order valence-corrected chi connectivity index (χ2v) is 3.41. The van der Waals surface area contributed by atoms with Crippen LogP contribution < -0.4 is 16.0 Å². The van der Waals surface area contributed by atoms with Gasteiger partial charge in [-0.05, 0) is 13.8 Å². The van der Waals surface area contributed by atoms with Gasteiger partial charge in [0.1, 0.15) is 5.82 Å². The molecule has 3 N–H and O–H groups in total. The minimum Gasteiger partial charge on any atom is -0.368 e. The molecule has 6 nitrogen and oxygen atoms in total. The molecule has 0 radical (unpaired) electrons. The minimum atomic E-state index is -0.0586. The molecular formula is C10H17N5O. The summed E-state index contributed by atoms with van der Waals surface area (Å²) in [6.45, 7) is 4.75. The number of nitrogens with zero attached hydrogens (tertiary/aromatic N) is 3. The van der Waals surface area contributed by atoms with E-state index in [1.165, 1.54) is 0 Å². The average Bonchev–Trinajstić information content (AvgIpc) is 2.24. The third kappa shape index (κ3) is 3.08. The van der Waals surface area contributed by atoms with Crippen LogP contribution in [0.25, 0.3) is 0 Å². The van der Waals surface area contributed by atoms with E-state index >= 15 is 0 Å². The topological polar surface area (TPSA) is 84.1 Å². The third-order valence-corrected chi connectivity index (χ3v) is 2.18. The molecule has 0 aliphatic rings. The molecule has 1 rings (SSSR count). The smallest absolute Gasteiger partial charge is 0.239 e. The van der Waals surface area contributed by atoms with Gasteiger partial charge in [0.15, 0.2) is 0 Å². The van der Waals surface area contributed by atoms with Crippen LogP contribution in [0.5, 0.6) is 0 Å². The van der Waals surface area contributed by atoms with Crippen molar-refractivity contribution in [3.05, 3.63) is 11.8 Å². The van der Waals surface area contributed by atoms with Crippen LogP contribution in [0.4, 0.5) is 11.8 Å². The van der Waals surface area contributed by atoms with Crippen LogP contribution in [-0.4, -0.2) is 36.0 Å². The van der Waals surface area contributed by atoms with Crippen LogP contribution in [0.15, 0.2) is 6.07 Å². The summed E-state index contributed by atoms with van der Waals surface area (Å²) in [7, 11) is 1.61. The summed E-state index contributed by atoms with van der Waals surface area (Å²) in [6.07, 6.45) is 0. The molecule has 1 aromatic rings. The molecule has 0 saturated heterocycles. The minimum absolute atomic E-state index is 0.0586. The van der Waals surface area contributed by atoms with Gasteiger partial charge in [0.2, 0.25) is 11.9 Å². The van der Waals surface area contributed by atoms with E-state index in [0.29, 0.717) is 12.4 Å². The van der Waals surface area contributed by atoms with Crippen LogP contribution in [0, 0.1) is 6.92 Å². The molecule has 0 saturated carbocycles. The van der Waals surface area contributed by atoms with Gasteiger partial charge in [0, 0.05) is 25.4 Å². The van der Waals surface area contributed by atoms with Gasteiger partial charge in [-0.1, -0.05) is 0 Å².